The average molecular weight is 330 g/mol. The van der Waals surface area contributed by atoms with Gasteiger partial charge in [-0.25, -0.2) is 0 Å². The summed E-state index contributed by atoms with van der Waals surface area (Å²) >= 11 is 0. The maximum absolute atomic E-state index is 12.4. The Morgan fingerprint density at radius 1 is 1.25 bits per heavy atom. The molecule has 0 saturated heterocycles. The van der Waals surface area contributed by atoms with E-state index in [0.717, 1.165) is 5.56 Å². The number of ether oxygens (including phenoxy) is 2. The number of carbonyl (C=O) groups is 1. The summed E-state index contributed by atoms with van der Waals surface area (Å²) in [6.07, 6.45) is 0. The van der Waals surface area contributed by atoms with Crippen molar-refractivity contribution in [2.24, 2.45) is 0 Å². The second-order valence-electron chi connectivity index (χ2n) is 4.93. The number of amides is 1. The molecule has 1 N–H and O–H groups in total. The normalized spacial score (nSPS) is 10.2. The van der Waals surface area contributed by atoms with Crippen LogP contribution in [0, 0.1) is 10.1 Å². The van der Waals surface area contributed by atoms with Crippen molar-refractivity contribution in [3.8, 4) is 5.75 Å². The topological polar surface area (TPSA) is 90.7 Å². The van der Waals surface area contributed by atoms with Gasteiger partial charge in [0.25, 0.3) is 11.6 Å². The van der Waals surface area contributed by atoms with E-state index in [1.54, 1.807) is 18.2 Å². The molecule has 0 spiro atoms. The number of nitrogens with one attached hydrogen (secondary N) is 1. The molecule has 2 aromatic rings. The van der Waals surface area contributed by atoms with Crippen LogP contribution < -0.4 is 10.1 Å². The summed E-state index contributed by atoms with van der Waals surface area (Å²) < 4.78 is 10.4. The van der Waals surface area contributed by atoms with E-state index in [4.69, 9.17) is 9.47 Å². The van der Waals surface area contributed by atoms with Crippen LogP contribution in [0.25, 0.3) is 0 Å². The molecular formula is C17H18N2O5. The molecule has 0 aliphatic rings. The van der Waals surface area contributed by atoms with Crippen LogP contribution >= 0.6 is 0 Å². The average Bonchev–Trinajstić information content (AvgIpc) is 2.59. The van der Waals surface area contributed by atoms with Gasteiger partial charge in [-0.15, -0.1) is 0 Å². The Bertz CT molecular complexity index is 746. The molecule has 24 heavy (non-hydrogen) atoms. The van der Waals surface area contributed by atoms with E-state index in [2.05, 4.69) is 5.32 Å². The van der Waals surface area contributed by atoms with Crippen LogP contribution in [0.5, 0.6) is 5.75 Å². The molecule has 7 nitrogen and oxygen atoms in total. The fourth-order valence-electron chi connectivity index (χ4n) is 2.14. The van der Waals surface area contributed by atoms with E-state index in [0.29, 0.717) is 24.7 Å². The molecule has 0 bridgehead atoms. The van der Waals surface area contributed by atoms with Gasteiger partial charge in [0.15, 0.2) is 0 Å². The minimum Gasteiger partial charge on any atom is -0.497 e. The molecule has 0 aromatic heterocycles. The third-order valence-corrected chi connectivity index (χ3v) is 3.30. The van der Waals surface area contributed by atoms with Crippen LogP contribution in [0.4, 0.5) is 11.4 Å². The molecule has 0 atom stereocenters. The zero-order chi connectivity index (χ0) is 17.5. The number of benzene rings is 2. The summed E-state index contributed by atoms with van der Waals surface area (Å²) in [5.41, 5.74) is 1.09. The third kappa shape index (κ3) is 4.30. The van der Waals surface area contributed by atoms with Gasteiger partial charge in [-0.1, -0.05) is 12.1 Å². The first-order chi connectivity index (χ1) is 11.5. The highest BCUT2D eigenvalue weighted by molar-refractivity contribution is 6.07. The Hall–Kier alpha value is -2.93. The van der Waals surface area contributed by atoms with Gasteiger partial charge in [0, 0.05) is 18.4 Å². The van der Waals surface area contributed by atoms with E-state index in [1.165, 1.54) is 25.3 Å². The highest BCUT2D eigenvalue weighted by Gasteiger charge is 2.21. The van der Waals surface area contributed by atoms with Gasteiger partial charge in [0.05, 0.1) is 18.6 Å². The van der Waals surface area contributed by atoms with Crippen LogP contribution in [-0.4, -0.2) is 24.5 Å². The predicted molar refractivity (Wildman–Crippen MR) is 89.4 cm³/mol. The Morgan fingerprint density at radius 2 is 2.04 bits per heavy atom. The lowest BCUT2D eigenvalue weighted by molar-refractivity contribution is -0.385. The zero-order valence-corrected chi connectivity index (χ0v) is 13.4. The summed E-state index contributed by atoms with van der Waals surface area (Å²) in [5.74, 6) is -0.204. The number of carbonyl (C=O) groups excluding carboxylic acids is 1. The number of rotatable bonds is 7. The first-order valence-corrected chi connectivity index (χ1v) is 7.35. The summed E-state index contributed by atoms with van der Waals surface area (Å²) in [5, 5.41) is 13.8. The molecule has 0 heterocycles. The first kappa shape index (κ1) is 17.4. The van der Waals surface area contributed by atoms with Gasteiger partial charge in [-0.3, -0.25) is 14.9 Å². The van der Waals surface area contributed by atoms with Gasteiger partial charge >= 0.3 is 0 Å². The molecular weight excluding hydrogens is 312 g/mol. The van der Waals surface area contributed by atoms with Crippen molar-refractivity contribution in [1.29, 1.82) is 0 Å². The van der Waals surface area contributed by atoms with Crippen LogP contribution in [0.3, 0.4) is 0 Å². The van der Waals surface area contributed by atoms with Gasteiger partial charge < -0.3 is 14.8 Å². The van der Waals surface area contributed by atoms with E-state index >= 15 is 0 Å². The van der Waals surface area contributed by atoms with Crippen LogP contribution in [0.2, 0.25) is 0 Å². The van der Waals surface area contributed by atoms with Crippen molar-refractivity contribution < 1.29 is 19.2 Å². The van der Waals surface area contributed by atoms with Gasteiger partial charge in [0.1, 0.15) is 11.3 Å². The van der Waals surface area contributed by atoms with Crippen LogP contribution in [0.1, 0.15) is 22.8 Å². The summed E-state index contributed by atoms with van der Waals surface area (Å²) in [7, 11) is 1.43. The van der Waals surface area contributed by atoms with Crippen molar-refractivity contribution in [1.82, 2.24) is 0 Å². The van der Waals surface area contributed by atoms with Crippen LogP contribution in [-0.2, 0) is 11.3 Å². The molecule has 126 valence electrons. The maximum atomic E-state index is 12.4. The maximum Gasteiger partial charge on any atom is 0.282 e. The summed E-state index contributed by atoms with van der Waals surface area (Å²) in [4.78, 5) is 23.0. The van der Waals surface area contributed by atoms with Crippen LogP contribution in [0.15, 0.2) is 42.5 Å². The van der Waals surface area contributed by atoms with Crippen molar-refractivity contribution in [2.75, 3.05) is 19.0 Å². The molecule has 0 radical (unpaired) electrons. The molecule has 0 aliphatic heterocycles. The Kier molecular flexibility index (Phi) is 5.86. The number of nitrogens with zero attached hydrogens (tertiary/aromatic N) is 1. The zero-order valence-electron chi connectivity index (χ0n) is 13.4. The van der Waals surface area contributed by atoms with Gasteiger partial charge in [-0.05, 0) is 36.8 Å². The largest absolute Gasteiger partial charge is 0.497 e. The van der Waals surface area contributed by atoms with Crippen molar-refractivity contribution in [3.63, 3.8) is 0 Å². The quantitative estimate of drug-likeness (QED) is 0.620. The second kappa shape index (κ2) is 8.07. The molecule has 1 amide bonds. The van der Waals surface area contributed by atoms with E-state index < -0.39 is 10.8 Å². The van der Waals surface area contributed by atoms with Gasteiger partial charge in [-0.2, -0.15) is 0 Å². The lowest BCUT2D eigenvalue weighted by Gasteiger charge is -2.09. The number of nitro groups is 1. The predicted octanol–water partition coefficient (Wildman–Crippen LogP) is 3.39. The number of anilines is 1. The third-order valence-electron chi connectivity index (χ3n) is 3.30. The summed E-state index contributed by atoms with van der Waals surface area (Å²) in [6, 6.07) is 11.2. The summed E-state index contributed by atoms with van der Waals surface area (Å²) in [6.45, 7) is 2.92. The number of methoxy groups -OCH3 is 1. The smallest absolute Gasteiger partial charge is 0.282 e. The Labute approximate surface area is 139 Å². The van der Waals surface area contributed by atoms with E-state index in [1.807, 2.05) is 13.0 Å². The SMILES string of the molecule is CCOCc1cccc(NC(=O)c2cc(OC)ccc2[N+](=O)[O-])c1. The first-order valence-electron chi connectivity index (χ1n) is 7.35. The molecule has 0 aliphatic carbocycles. The van der Waals surface area contributed by atoms with Crippen molar-refractivity contribution in [3.05, 3.63) is 63.7 Å². The van der Waals surface area contributed by atoms with E-state index in [-0.39, 0.29) is 11.3 Å². The van der Waals surface area contributed by atoms with Crippen molar-refractivity contribution >= 4 is 17.3 Å². The fourth-order valence-corrected chi connectivity index (χ4v) is 2.14. The lowest BCUT2D eigenvalue weighted by atomic mass is 10.1. The fraction of sp³-hybridized carbons (Fsp3) is 0.235. The molecule has 0 saturated carbocycles. The van der Waals surface area contributed by atoms with E-state index in [9.17, 15) is 14.9 Å². The lowest BCUT2D eigenvalue weighted by Crippen LogP contribution is -2.14. The molecule has 2 rings (SSSR count). The minimum atomic E-state index is -0.597. The number of hydrogen-bond acceptors (Lipinski definition) is 5. The van der Waals surface area contributed by atoms with Crippen molar-refractivity contribution in [2.45, 2.75) is 13.5 Å². The molecule has 0 fully saturated rings. The standard InChI is InChI=1S/C17H18N2O5/c1-3-24-11-12-5-4-6-13(9-12)18-17(20)15-10-14(23-2)7-8-16(15)19(21)22/h4-10H,3,11H2,1-2H3,(H,18,20). The number of hydrogen-bond donors (Lipinski definition) is 1. The molecule has 7 heteroatoms. The minimum absolute atomic E-state index is 0.0606. The monoisotopic (exact) mass is 330 g/mol. The molecule has 2 aromatic carbocycles. The molecule has 0 unspecified atom stereocenters. The second-order valence-corrected chi connectivity index (χ2v) is 4.93. The number of nitro benzene ring substituents is 1. The Balaban J connectivity index is 2.25. The Morgan fingerprint density at radius 3 is 2.71 bits per heavy atom. The highest BCUT2D eigenvalue weighted by atomic mass is 16.6. The highest BCUT2D eigenvalue weighted by Crippen LogP contribution is 2.25. The van der Waals surface area contributed by atoms with Gasteiger partial charge in [0.2, 0.25) is 0 Å².